The average Bonchev–Trinajstić information content (AvgIpc) is 3.09. The summed E-state index contributed by atoms with van der Waals surface area (Å²) in [5.41, 5.74) is 1.21. The van der Waals surface area contributed by atoms with Crippen molar-refractivity contribution in [1.29, 1.82) is 0 Å². The molecule has 1 unspecified atom stereocenters. The van der Waals surface area contributed by atoms with Crippen LogP contribution in [0.5, 0.6) is 5.75 Å². The lowest BCUT2D eigenvalue weighted by atomic mass is 10.1. The summed E-state index contributed by atoms with van der Waals surface area (Å²) in [6.45, 7) is 7.31. The third-order valence-corrected chi connectivity index (χ3v) is 5.01. The maximum absolute atomic E-state index is 12.0. The lowest BCUT2D eigenvalue weighted by Crippen LogP contribution is -2.42. The van der Waals surface area contributed by atoms with E-state index in [0.29, 0.717) is 25.0 Å². The second-order valence-electron chi connectivity index (χ2n) is 6.95. The second-order valence-corrected chi connectivity index (χ2v) is 6.95. The first-order valence-electron chi connectivity index (χ1n) is 10.0. The zero-order chi connectivity index (χ0) is 19.6. The number of aliphatic imine (C=N–C) groups is 1. The highest BCUT2D eigenvalue weighted by atomic mass is 127. The Morgan fingerprint density at radius 2 is 2.04 bits per heavy atom. The standard InChI is InChI=1S/C21H34N4O2.HI/c1-5-18(25-15-7-8-20(25)26)13-14-23-21(22-3)24(4)16-17-9-11-19(12-10-17)27-6-2;/h9-12,18H,5-8,13-16H2,1-4H3,(H,22,23);1H. The van der Waals surface area contributed by atoms with Gasteiger partial charge in [0, 0.05) is 46.2 Å². The first kappa shape index (κ1) is 24.5. The van der Waals surface area contributed by atoms with Gasteiger partial charge in [0.05, 0.1) is 6.61 Å². The van der Waals surface area contributed by atoms with E-state index in [4.69, 9.17) is 4.74 Å². The molecule has 1 N–H and O–H groups in total. The maximum atomic E-state index is 12.0. The van der Waals surface area contributed by atoms with Crippen molar-refractivity contribution in [2.45, 2.75) is 52.1 Å². The molecule has 1 amide bonds. The third kappa shape index (κ3) is 7.14. The van der Waals surface area contributed by atoms with E-state index in [9.17, 15) is 4.79 Å². The van der Waals surface area contributed by atoms with Crippen LogP contribution in [0.25, 0.3) is 0 Å². The van der Waals surface area contributed by atoms with E-state index in [1.807, 2.05) is 31.0 Å². The van der Waals surface area contributed by atoms with Crippen molar-refractivity contribution in [3.8, 4) is 5.75 Å². The van der Waals surface area contributed by atoms with Crippen LogP contribution in [0.3, 0.4) is 0 Å². The highest BCUT2D eigenvalue weighted by Gasteiger charge is 2.26. The Morgan fingerprint density at radius 1 is 1.32 bits per heavy atom. The van der Waals surface area contributed by atoms with Gasteiger partial charge < -0.3 is 19.9 Å². The van der Waals surface area contributed by atoms with Gasteiger partial charge in [-0.25, -0.2) is 0 Å². The van der Waals surface area contributed by atoms with E-state index in [2.05, 4.69) is 34.3 Å². The molecular weight excluding hydrogens is 467 g/mol. The fourth-order valence-electron chi connectivity index (χ4n) is 3.58. The van der Waals surface area contributed by atoms with Crippen molar-refractivity contribution in [3.63, 3.8) is 0 Å². The van der Waals surface area contributed by atoms with Gasteiger partial charge in [-0.3, -0.25) is 9.79 Å². The molecule has 1 aliphatic rings. The maximum Gasteiger partial charge on any atom is 0.222 e. The number of amides is 1. The van der Waals surface area contributed by atoms with Crippen molar-refractivity contribution in [2.75, 3.05) is 33.8 Å². The molecule has 0 spiro atoms. The number of nitrogens with zero attached hydrogens (tertiary/aromatic N) is 3. The average molecular weight is 502 g/mol. The van der Waals surface area contributed by atoms with Crippen molar-refractivity contribution in [2.24, 2.45) is 4.99 Å². The summed E-state index contributed by atoms with van der Waals surface area (Å²) in [6, 6.07) is 8.49. The number of ether oxygens (including phenoxy) is 1. The van der Waals surface area contributed by atoms with Gasteiger partial charge in [-0.05, 0) is 43.9 Å². The summed E-state index contributed by atoms with van der Waals surface area (Å²) in [5.74, 6) is 2.07. The Balaban J connectivity index is 0.00000392. The predicted octanol–water partition coefficient (Wildman–Crippen LogP) is 3.50. The fourth-order valence-corrected chi connectivity index (χ4v) is 3.58. The van der Waals surface area contributed by atoms with Crippen LogP contribution in [-0.2, 0) is 11.3 Å². The highest BCUT2D eigenvalue weighted by Crippen LogP contribution is 2.18. The van der Waals surface area contributed by atoms with Crippen molar-refractivity contribution >= 4 is 35.8 Å². The van der Waals surface area contributed by atoms with E-state index in [1.54, 1.807) is 7.05 Å². The minimum absolute atomic E-state index is 0. The Hall–Kier alpha value is -1.51. The van der Waals surface area contributed by atoms with Gasteiger partial charge in [0.25, 0.3) is 0 Å². The summed E-state index contributed by atoms with van der Waals surface area (Å²) >= 11 is 0. The van der Waals surface area contributed by atoms with E-state index in [1.165, 1.54) is 5.56 Å². The summed E-state index contributed by atoms with van der Waals surface area (Å²) in [5, 5.41) is 3.44. The first-order chi connectivity index (χ1) is 13.1. The SMILES string of the molecule is CCOc1ccc(CN(C)C(=NC)NCCC(CC)N2CCCC2=O)cc1.I. The molecule has 6 nitrogen and oxygen atoms in total. The van der Waals surface area contributed by atoms with Crippen LogP contribution in [0, 0.1) is 0 Å². The molecule has 0 aromatic heterocycles. The van der Waals surface area contributed by atoms with Crippen molar-refractivity contribution in [3.05, 3.63) is 29.8 Å². The van der Waals surface area contributed by atoms with E-state index >= 15 is 0 Å². The molecule has 1 saturated heterocycles. The van der Waals surface area contributed by atoms with E-state index < -0.39 is 0 Å². The van der Waals surface area contributed by atoms with Gasteiger partial charge in [0.15, 0.2) is 5.96 Å². The summed E-state index contributed by atoms with van der Waals surface area (Å²) in [4.78, 5) is 20.5. The fraction of sp³-hybridized carbons (Fsp3) is 0.619. The van der Waals surface area contributed by atoms with Gasteiger partial charge in [0.2, 0.25) is 5.91 Å². The number of carbonyl (C=O) groups excluding carboxylic acids is 1. The van der Waals surface area contributed by atoms with Crippen LogP contribution < -0.4 is 10.1 Å². The number of hydrogen-bond donors (Lipinski definition) is 1. The molecule has 0 aliphatic carbocycles. The molecule has 1 aliphatic heterocycles. The number of halogens is 1. The predicted molar refractivity (Wildman–Crippen MR) is 125 cm³/mol. The van der Waals surface area contributed by atoms with E-state index in [0.717, 1.165) is 50.6 Å². The number of likely N-dealkylation sites (tertiary alicyclic amines) is 1. The zero-order valence-corrected chi connectivity index (χ0v) is 19.9. The van der Waals surface area contributed by atoms with Gasteiger partial charge in [-0.2, -0.15) is 0 Å². The van der Waals surface area contributed by atoms with Crippen LogP contribution >= 0.6 is 24.0 Å². The Kier molecular flexibility index (Phi) is 11.3. The second kappa shape index (κ2) is 12.9. The normalized spacial score (nSPS) is 15.2. The molecule has 1 aromatic rings. The van der Waals surface area contributed by atoms with Crippen LogP contribution in [0.4, 0.5) is 0 Å². The van der Waals surface area contributed by atoms with Gasteiger partial charge in [-0.1, -0.05) is 19.1 Å². The molecule has 0 saturated carbocycles. The first-order valence-corrected chi connectivity index (χ1v) is 10.0. The van der Waals surface area contributed by atoms with Crippen molar-refractivity contribution < 1.29 is 9.53 Å². The Labute approximate surface area is 186 Å². The Morgan fingerprint density at radius 3 is 2.57 bits per heavy atom. The lowest BCUT2D eigenvalue weighted by Gasteiger charge is -2.28. The lowest BCUT2D eigenvalue weighted by molar-refractivity contribution is -0.129. The number of hydrogen-bond acceptors (Lipinski definition) is 3. The number of carbonyl (C=O) groups is 1. The molecule has 0 radical (unpaired) electrons. The number of benzene rings is 1. The summed E-state index contributed by atoms with van der Waals surface area (Å²) in [6.07, 6.45) is 3.64. The van der Waals surface area contributed by atoms with Crippen LogP contribution in [-0.4, -0.2) is 61.5 Å². The van der Waals surface area contributed by atoms with Gasteiger partial charge in [0.1, 0.15) is 5.75 Å². The highest BCUT2D eigenvalue weighted by molar-refractivity contribution is 14.0. The topological polar surface area (TPSA) is 57.2 Å². The minimum Gasteiger partial charge on any atom is -0.494 e. The van der Waals surface area contributed by atoms with Crippen LogP contribution in [0.15, 0.2) is 29.3 Å². The molecule has 158 valence electrons. The smallest absolute Gasteiger partial charge is 0.222 e. The molecule has 2 rings (SSSR count). The molecule has 1 fully saturated rings. The molecule has 1 heterocycles. The monoisotopic (exact) mass is 502 g/mol. The molecule has 7 heteroatoms. The number of rotatable bonds is 9. The minimum atomic E-state index is 0. The molecule has 28 heavy (non-hydrogen) atoms. The third-order valence-electron chi connectivity index (χ3n) is 5.01. The number of guanidine groups is 1. The largest absolute Gasteiger partial charge is 0.494 e. The molecule has 1 atom stereocenters. The molecule has 1 aromatic carbocycles. The Bertz CT molecular complexity index is 621. The zero-order valence-electron chi connectivity index (χ0n) is 17.6. The summed E-state index contributed by atoms with van der Waals surface area (Å²) < 4.78 is 5.49. The van der Waals surface area contributed by atoms with Gasteiger partial charge in [-0.15, -0.1) is 24.0 Å². The molecular formula is C21H35IN4O2. The number of nitrogens with one attached hydrogen (secondary N) is 1. The van der Waals surface area contributed by atoms with Crippen LogP contribution in [0.1, 0.15) is 45.1 Å². The van der Waals surface area contributed by atoms with Gasteiger partial charge >= 0.3 is 0 Å². The molecule has 0 bridgehead atoms. The summed E-state index contributed by atoms with van der Waals surface area (Å²) in [7, 11) is 3.84. The van der Waals surface area contributed by atoms with Crippen molar-refractivity contribution in [1.82, 2.24) is 15.1 Å². The quantitative estimate of drug-likeness (QED) is 0.319. The van der Waals surface area contributed by atoms with E-state index in [-0.39, 0.29) is 24.0 Å². The van der Waals surface area contributed by atoms with Crippen LogP contribution in [0.2, 0.25) is 0 Å².